The van der Waals surface area contributed by atoms with Crippen LogP contribution >= 0.6 is 0 Å². The highest BCUT2D eigenvalue weighted by Crippen LogP contribution is 2.25. The van der Waals surface area contributed by atoms with Crippen molar-refractivity contribution in [2.75, 3.05) is 0 Å². The molecule has 0 fully saturated rings. The summed E-state index contributed by atoms with van der Waals surface area (Å²) in [7, 11) is 1.88. The highest BCUT2D eigenvalue weighted by atomic mass is 16.5. The van der Waals surface area contributed by atoms with Gasteiger partial charge in [0.15, 0.2) is 0 Å². The Morgan fingerprint density at radius 2 is 2.00 bits per heavy atom. The second-order valence-electron chi connectivity index (χ2n) is 7.04. The van der Waals surface area contributed by atoms with Gasteiger partial charge in [-0.2, -0.15) is 4.98 Å². The zero-order valence-corrected chi connectivity index (χ0v) is 16.0. The van der Waals surface area contributed by atoms with E-state index >= 15 is 0 Å². The van der Waals surface area contributed by atoms with Crippen molar-refractivity contribution in [2.45, 2.75) is 19.9 Å². The molecule has 0 bridgehead atoms. The molecule has 1 amide bonds. The predicted molar refractivity (Wildman–Crippen MR) is 105 cm³/mol. The van der Waals surface area contributed by atoms with Crippen molar-refractivity contribution >= 4 is 16.8 Å². The third kappa shape index (κ3) is 3.26. The van der Waals surface area contributed by atoms with Gasteiger partial charge in [0.1, 0.15) is 11.7 Å². The first-order valence-electron chi connectivity index (χ1n) is 9.14. The maximum Gasteiger partial charge on any atom is 0.268 e. The molecule has 142 valence electrons. The second-order valence-corrected chi connectivity index (χ2v) is 7.04. The number of nitrogens with zero attached hydrogens (tertiary/aromatic N) is 4. The molecule has 0 saturated carbocycles. The molecule has 0 aliphatic heterocycles. The summed E-state index contributed by atoms with van der Waals surface area (Å²) in [5.74, 6) is 0.716. The number of carbonyl (C=O) groups is 1. The van der Waals surface area contributed by atoms with Crippen LogP contribution in [0.2, 0.25) is 0 Å². The molecule has 0 aliphatic rings. The Morgan fingerprint density at radius 3 is 2.71 bits per heavy atom. The minimum atomic E-state index is -0.400. The van der Waals surface area contributed by atoms with E-state index in [1.165, 1.54) is 0 Å². The van der Waals surface area contributed by atoms with E-state index in [2.05, 4.69) is 20.4 Å². The summed E-state index contributed by atoms with van der Waals surface area (Å²) < 4.78 is 7.34. The minimum Gasteiger partial charge on any atom is -0.340 e. The zero-order chi connectivity index (χ0) is 19.7. The lowest BCUT2D eigenvalue weighted by atomic mass is 10.0. The molecule has 3 heterocycles. The number of aromatic nitrogens is 4. The maximum absolute atomic E-state index is 13.0. The summed E-state index contributed by atoms with van der Waals surface area (Å²) in [5.41, 5.74) is 2.35. The lowest BCUT2D eigenvalue weighted by Crippen LogP contribution is -2.33. The number of rotatable bonds is 5. The summed E-state index contributed by atoms with van der Waals surface area (Å²) in [5, 5.41) is 8.10. The predicted octanol–water partition coefficient (Wildman–Crippen LogP) is 3.75. The largest absolute Gasteiger partial charge is 0.340 e. The van der Waals surface area contributed by atoms with Gasteiger partial charge in [0.05, 0.1) is 0 Å². The van der Waals surface area contributed by atoms with Gasteiger partial charge in [-0.05, 0) is 30.2 Å². The maximum atomic E-state index is 13.0. The Bertz CT molecular complexity index is 1110. The van der Waals surface area contributed by atoms with E-state index in [-0.39, 0.29) is 11.8 Å². The van der Waals surface area contributed by atoms with Gasteiger partial charge < -0.3 is 14.4 Å². The Kier molecular flexibility index (Phi) is 4.65. The first-order chi connectivity index (χ1) is 13.5. The Morgan fingerprint density at radius 1 is 1.18 bits per heavy atom. The lowest BCUT2D eigenvalue weighted by molar-refractivity contribution is 0.0906. The third-order valence-corrected chi connectivity index (χ3v) is 4.77. The van der Waals surface area contributed by atoms with Gasteiger partial charge in [-0.1, -0.05) is 37.2 Å². The smallest absolute Gasteiger partial charge is 0.268 e. The lowest BCUT2D eigenvalue weighted by Gasteiger charge is -2.18. The fourth-order valence-corrected chi connectivity index (χ4v) is 3.21. The summed E-state index contributed by atoms with van der Waals surface area (Å²) in [6, 6.07) is 13.1. The van der Waals surface area contributed by atoms with E-state index in [1.54, 1.807) is 12.4 Å². The van der Waals surface area contributed by atoms with Gasteiger partial charge >= 0.3 is 0 Å². The van der Waals surface area contributed by atoms with Crippen LogP contribution in [0.15, 0.2) is 59.4 Å². The molecular formula is C21H21N5O2. The van der Waals surface area contributed by atoms with Crippen LogP contribution in [0.1, 0.15) is 36.3 Å². The number of carbonyl (C=O) groups excluding carboxylic acids is 1. The number of para-hydroxylation sites is 1. The normalized spacial score (nSPS) is 12.4. The van der Waals surface area contributed by atoms with Gasteiger partial charge in [0, 0.05) is 35.9 Å². The van der Waals surface area contributed by atoms with Gasteiger partial charge in [0.25, 0.3) is 5.91 Å². The van der Waals surface area contributed by atoms with Crippen molar-refractivity contribution in [3.8, 4) is 11.4 Å². The molecule has 3 aromatic heterocycles. The van der Waals surface area contributed by atoms with Crippen molar-refractivity contribution < 1.29 is 9.32 Å². The highest BCUT2D eigenvalue weighted by molar-refractivity contribution is 5.98. The number of nitrogens with one attached hydrogen (secondary N) is 1. The van der Waals surface area contributed by atoms with E-state index in [4.69, 9.17) is 4.52 Å². The minimum absolute atomic E-state index is 0.0702. The van der Waals surface area contributed by atoms with E-state index in [9.17, 15) is 4.79 Å². The molecule has 0 radical (unpaired) electrons. The molecule has 28 heavy (non-hydrogen) atoms. The molecule has 4 rings (SSSR count). The van der Waals surface area contributed by atoms with Crippen LogP contribution in [-0.4, -0.2) is 25.6 Å². The molecule has 7 nitrogen and oxygen atoms in total. The third-order valence-electron chi connectivity index (χ3n) is 4.77. The quantitative estimate of drug-likeness (QED) is 0.574. The van der Waals surface area contributed by atoms with Crippen LogP contribution in [0.3, 0.4) is 0 Å². The van der Waals surface area contributed by atoms with Crippen LogP contribution in [0.4, 0.5) is 0 Å². The molecule has 0 spiro atoms. The Hall–Kier alpha value is -3.48. The van der Waals surface area contributed by atoms with Crippen molar-refractivity contribution in [3.63, 3.8) is 0 Å². The monoisotopic (exact) mass is 375 g/mol. The molecule has 0 saturated heterocycles. The first kappa shape index (κ1) is 17.9. The fourth-order valence-electron chi connectivity index (χ4n) is 3.21. The van der Waals surface area contributed by atoms with Crippen LogP contribution in [0.5, 0.6) is 0 Å². The second kappa shape index (κ2) is 7.26. The van der Waals surface area contributed by atoms with Gasteiger partial charge in [0.2, 0.25) is 11.7 Å². The molecule has 1 N–H and O–H groups in total. The zero-order valence-electron chi connectivity index (χ0n) is 16.0. The number of aryl methyl sites for hydroxylation is 1. The van der Waals surface area contributed by atoms with E-state index in [1.807, 2.05) is 67.9 Å². The van der Waals surface area contributed by atoms with E-state index in [0.29, 0.717) is 17.4 Å². The van der Waals surface area contributed by atoms with Crippen molar-refractivity contribution in [2.24, 2.45) is 13.0 Å². The standard InChI is InChI=1S/C21H21N5O2/c1-13(2)18(21-24-19(25-28-21)15-8-6-10-22-12-15)23-20(27)17-11-14-7-4-5-9-16(14)26(17)3/h4-13,18H,1-3H3,(H,23,27). The molecule has 1 aromatic carbocycles. The van der Waals surface area contributed by atoms with Crippen LogP contribution in [0, 0.1) is 5.92 Å². The highest BCUT2D eigenvalue weighted by Gasteiger charge is 2.26. The number of benzene rings is 1. The molecular weight excluding hydrogens is 354 g/mol. The topological polar surface area (TPSA) is 85.8 Å². The number of pyridine rings is 1. The molecule has 0 aliphatic carbocycles. The van der Waals surface area contributed by atoms with Crippen molar-refractivity contribution in [1.82, 2.24) is 25.0 Å². The molecule has 1 atom stereocenters. The van der Waals surface area contributed by atoms with Crippen LogP contribution < -0.4 is 5.32 Å². The van der Waals surface area contributed by atoms with Crippen molar-refractivity contribution in [3.05, 3.63) is 66.4 Å². The van der Waals surface area contributed by atoms with E-state index in [0.717, 1.165) is 16.5 Å². The van der Waals surface area contributed by atoms with Gasteiger partial charge in [-0.3, -0.25) is 9.78 Å². The number of amides is 1. The number of hydrogen-bond acceptors (Lipinski definition) is 5. The van der Waals surface area contributed by atoms with Gasteiger partial charge in [-0.15, -0.1) is 0 Å². The fraction of sp³-hybridized carbons (Fsp3) is 0.238. The Balaban J connectivity index is 1.61. The first-order valence-corrected chi connectivity index (χ1v) is 9.14. The number of fused-ring (bicyclic) bond motifs is 1. The molecule has 7 heteroatoms. The average Bonchev–Trinajstić information content (AvgIpc) is 3.32. The summed E-state index contributed by atoms with van der Waals surface area (Å²) >= 11 is 0. The summed E-state index contributed by atoms with van der Waals surface area (Å²) in [4.78, 5) is 21.5. The summed E-state index contributed by atoms with van der Waals surface area (Å²) in [6.45, 7) is 4.00. The van der Waals surface area contributed by atoms with Crippen LogP contribution in [-0.2, 0) is 7.05 Å². The van der Waals surface area contributed by atoms with Crippen LogP contribution in [0.25, 0.3) is 22.3 Å². The number of hydrogen-bond donors (Lipinski definition) is 1. The summed E-state index contributed by atoms with van der Waals surface area (Å²) in [6.07, 6.45) is 3.36. The molecule has 1 unspecified atom stereocenters. The SMILES string of the molecule is CC(C)C(NC(=O)c1cc2ccccc2n1C)c1nc(-c2cccnc2)no1. The molecule has 4 aromatic rings. The van der Waals surface area contributed by atoms with E-state index < -0.39 is 6.04 Å². The average molecular weight is 375 g/mol. The van der Waals surface area contributed by atoms with Crippen molar-refractivity contribution in [1.29, 1.82) is 0 Å². The Labute approximate surface area is 162 Å². The van der Waals surface area contributed by atoms with Gasteiger partial charge in [-0.25, -0.2) is 0 Å².